The van der Waals surface area contributed by atoms with E-state index in [-0.39, 0.29) is 23.8 Å². The number of halogens is 3. The molecule has 1 amide bonds. The number of sulfonamides is 1. The number of aromatic nitrogens is 1. The molecule has 0 spiro atoms. The lowest BCUT2D eigenvalue weighted by atomic mass is 10.00. The van der Waals surface area contributed by atoms with Crippen LogP contribution in [0.25, 0.3) is 11.1 Å². The van der Waals surface area contributed by atoms with Gasteiger partial charge in [-0.2, -0.15) is 13.8 Å². The van der Waals surface area contributed by atoms with E-state index >= 15 is 4.39 Å². The summed E-state index contributed by atoms with van der Waals surface area (Å²) in [7, 11) is -3.81. The predicted molar refractivity (Wildman–Crippen MR) is 175 cm³/mol. The number of nitrogens with zero attached hydrogens (tertiary/aromatic N) is 1. The van der Waals surface area contributed by atoms with Crippen LogP contribution >= 0.6 is 0 Å². The summed E-state index contributed by atoms with van der Waals surface area (Å²) < 4.78 is 73.3. The molecule has 1 aromatic heterocycles. The van der Waals surface area contributed by atoms with E-state index in [0.717, 1.165) is 5.56 Å². The maximum Gasteiger partial charge on any atom is 0.253 e. The van der Waals surface area contributed by atoms with E-state index in [1.165, 1.54) is 6.07 Å². The number of carbonyl (C=O) groups is 1. The minimum atomic E-state index is -3.81. The highest BCUT2D eigenvalue weighted by Gasteiger charge is 2.27. The third kappa shape index (κ3) is 8.85. The van der Waals surface area contributed by atoms with Crippen LogP contribution in [-0.4, -0.2) is 30.9 Å². The zero-order valence-corrected chi connectivity index (χ0v) is 27.1. The molecule has 0 aliphatic rings. The van der Waals surface area contributed by atoms with Crippen molar-refractivity contribution in [2.75, 3.05) is 16.0 Å². The molecule has 12 heteroatoms. The number of nitrogens with one attached hydrogen (secondary N) is 4. The molecule has 1 atom stereocenters. The number of amides is 1. The Balaban J connectivity index is 1.47. The van der Waals surface area contributed by atoms with E-state index in [1.807, 2.05) is 6.07 Å². The third-order valence-electron chi connectivity index (χ3n) is 6.98. The van der Waals surface area contributed by atoms with Crippen molar-refractivity contribution in [3.63, 3.8) is 0 Å². The predicted octanol–water partition coefficient (Wildman–Crippen LogP) is 7.32. The maximum atomic E-state index is 15.3. The number of hydrogen-bond donors (Lipinski definition) is 4. The van der Waals surface area contributed by atoms with Crippen LogP contribution < -0.4 is 20.7 Å². The summed E-state index contributed by atoms with van der Waals surface area (Å²) in [5.41, 5.74) is 0.953. The lowest BCUT2D eigenvalue weighted by Gasteiger charge is -2.24. The first-order valence-corrected chi connectivity index (χ1v) is 16.2. The number of rotatable bonds is 12. The fourth-order valence-electron chi connectivity index (χ4n) is 4.72. The summed E-state index contributed by atoms with van der Waals surface area (Å²) in [6.45, 7) is 8.94. The number of benzene rings is 3. The van der Waals surface area contributed by atoms with Gasteiger partial charge in [-0.1, -0.05) is 74.5 Å². The number of hydrogen-bond acceptors (Lipinski definition) is 6. The van der Waals surface area contributed by atoms with E-state index in [4.69, 9.17) is 0 Å². The molecule has 0 aliphatic carbocycles. The molecular formula is C34H38F3N5O3S. The van der Waals surface area contributed by atoms with Gasteiger partial charge in [0.15, 0.2) is 11.6 Å². The Morgan fingerprint density at radius 2 is 1.50 bits per heavy atom. The first kappa shape index (κ1) is 34.5. The lowest BCUT2D eigenvalue weighted by molar-refractivity contribution is -0.116. The van der Waals surface area contributed by atoms with Crippen LogP contribution in [0.15, 0.2) is 83.8 Å². The molecule has 4 aromatic rings. The second-order valence-electron chi connectivity index (χ2n) is 12.3. The molecule has 0 unspecified atom stereocenters. The topological polar surface area (TPSA) is 112 Å². The van der Waals surface area contributed by atoms with Crippen molar-refractivity contribution in [1.29, 1.82) is 0 Å². The van der Waals surface area contributed by atoms with Crippen LogP contribution in [0.4, 0.5) is 30.4 Å². The molecule has 0 fully saturated rings. The van der Waals surface area contributed by atoms with Gasteiger partial charge in [-0.05, 0) is 56.0 Å². The van der Waals surface area contributed by atoms with Crippen molar-refractivity contribution in [3.8, 4) is 11.1 Å². The van der Waals surface area contributed by atoms with Crippen molar-refractivity contribution in [2.45, 2.75) is 64.1 Å². The van der Waals surface area contributed by atoms with Crippen LogP contribution in [0.1, 0.15) is 46.6 Å². The van der Waals surface area contributed by atoms with Crippen LogP contribution in [0.2, 0.25) is 0 Å². The molecule has 4 N–H and O–H groups in total. The van der Waals surface area contributed by atoms with E-state index < -0.39 is 56.6 Å². The van der Waals surface area contributed by atoms with Crippen molar-refractivity contribution < 1.29 is 26.4 Å². The van der Waals surface area contributed by atoms with Crippen molar-refractivity contribution in [3.05, 3.63) is 102 Å². The SMILES string of the molecule is CC(C)[C@H](CC(=O)Nc1ccc(-c2ccccc2S(=O)(=O)NC(C)(C)C)cc1)Nc1c(F)c(F)nc(NCc2ccccc2)c1F. The zero-order valence-electron chi connectivity index (χ0n) is 26.3. The Morgan fingerprint density at radius 1 is 0.870 bits per heavy atom. The third-order valence-corrected chi connectivity index (χ3v) is 8.79. The van der Waals surface area contributed by atoms with Gasteiger partial charge in [0.25, 0.3) is 5.95 Å². The summed E-state index contributed by atoms with van der Waals surface area (Å²) in [6.07, 6.45) is -0.186. The van der Waals surface area contributed by atoms with Gasteiger partial charge in [0.05, 0.1) is 4.90 Å². The molecule has 46 heavy (non-hydrogen) atoms. The van der Waals surface area contributed by atoms with E-state index in [2.05, 4.69) is 25.7 Å². The average molecular weight is 654 g/mol. The monoisotopic (exact) mass is 653 g/mol. The first-order chi connectivity index (χ1) is 21.6. The largest absolute Gasteiger partial charge is 0.377 e. The second kappa shape index (κ2) is 14.3. The number of pyridine rings is 1. The molecule has 0 aliphatic heterocycles. The van der Waals surface area contributed by atoms with Gasteiger partial charge in [-0.25, -0.2) is 17.5 Å². The Morgan fingerprint density at radius 3 is 2.13 bits per heavy atom. The van der Waals surface area contributed by atoms with Gasteiger partial charge in [-0.15, -0.1) is 0 Å². The number of carbonyl (C=O) groups excluding carboxylic acids is 1. The molecule has 0 bridgehead atoms. The second-order valence-corrected chi connectivity index (χ2v) is 13.9. The molecule has 4 rings (SSSR count). The van der Waals surface area contributed by atoms with Gasteiger partial charge in [0.1, 0.15) is 5.69 Å². The lowest BCUT2D eigenvalue weighted by Crippen LogP contribution is -2.40. The van der Waals surface area contributed by atoms with E-state index in [1.54, 1.807) is 101 Å². The van der Waals surface area contributed by atoms with Gasteiger partial charge in [-0.3, -0.25) is 4.79 Å². The maximum absolute atomic E-state index is 15.3. The summed E-state index contributed by atoms with van der Waals surface area (Å²) in [5.74, 6) is -5.24. The molecule has 244 valence electrons. The fraction of sp³-hybridized carbons (Fsp3) is 0.294. The minimum absolute atomic E-state index is 0.123. The Labute approximate surface area is 267 Å². The average Bonchev–Trinajstić information content (AvgIpc) is 2.99. The molecule has 0 radical (unpaired) electrons. The summed E-state index contributed by atoms with van der Waals surface area (Å²) in [6, 6.07) is 21.5. The molecule has 8 nitrogen and oxygen atoms in total. The fourth-order valence-corrected chi connectivity index (χ4v) is 6.37. The standard InChI is InChI=1S/C34H38F3N5O3S/c1-21(2)26(40-31-29(35)32(37)41-33(30(31)36)38-20-22-11-7-6-8-12-22)19-28(43)39-24-17-15-23(16-18-24)25-13-9-10-14-27(25)46(44,45)42-34(3,4)5/h6-18,21,26,42H,19-20H2,1-5H3,(H,39,43)(H2,38,40,41)/t26-/m0/s1. The van der Waals surface area contributed by atoms with E-state index in [9.17, 15) is 22.0 Å². The van der Waals surface area contributed by atoms with Crippen molar-refractivity contribution >= 4 is 33.1 Å². The molecular weight excluding hydrogens is 615 g/mol. The van der Waals surface area contributed by atoms with Crippen LogP contribution in [0.5, 0.6) is 0 Å². The van der Waals surface area contributed by atoms with Gasteiger partial charge in [0, 0.05) is 35.8 Å². The van der Waals surface area contributed by atoms with Crippen LogP contribution in [0, 0.1) is 23.5 Å². The highest BCUT2D eigenvalue weighted by Crippen LogP contribution is 2.30. The van der Waals surface area contributed by atoms with Gasteiger partial charge in [0.2, 0.25) is 21.7 Å². The van der Waals surface area contributed by atoms with Gasteiger partial charge >= 0.3 is 0 Å². The zero-order chi connectivity index (χ0) is 33.6. The highest BCUT2D eigenvalue weighted by molar-refractivity contribution is 7.89. The van der Waals surface area contributed by atoms with Crippen LogP contribution in [-0.2, 0) is 21.4 Å². The van der Waals surface area contributed by atoms with Gasteiger partial charge < -0.3 is 16.0 Å². The van der Waals surface area contributed by atoms with Crippen molar-refractivity contribution in [1.82, 2.24) is 9.71 Å². The van der Waals surface area contributed by atoms with Crippen molar-refractivity contribution in [2.24, 2.45) is 5.92 Å². The Hall–Kier alpha value is -4.42. The highest BCUT2D eigenvalue weighted by atomic mass is 32.2. The first-order valence-electron chi connectivity index (χ1n) is 14.8. The smallest absolute Gasteiger partial charge is 0.253 e. The minimum Gasteiger partial charge on any atom is -0.377 e. The number of anilines is 3. The Kier molecular flexibility index (Phi) is 10.7. The summed E-state index contributed by atoms with van der Waals surface area (Å²) in [5, 5.41) is 8.15. The normalized spacial score (nSPS) is 12.5. The summed E-state index contributed by atoms with van der Waals surface area (Å²) in [4.78, 5) is 16.5. The molecule has 0 saturated carbocycles. The quantitative estimate of drug-likeness (QED) is 0.119. The summed E-state index contributed by atoms with van der Waals surface area (Å²) >= 11 is 0. The molecule has 0 saturated heterocycles. The molecule has 3 aromatic carbocycles. The van der Waals surface area contributed by atoms with E-state index in [0.29, 0.717) is 16.8 Å². The van der Waals surface area contributed by atoms with Crippen LogP contribution in [0.3, 0.4) is 0 Å². The Bertz CT molecular complexity index is 1780. The molecule has 1 heterocycles.